The van der Waals surface area contributed by atoms with E-state index in [-0.39, 0.29) is 6.04 Å². The van der Waals surface area contributed by atoms with Crippen LogP contribution in [0.1, 0.15) is 19.8 Å². The second kappa shape index (κ2) is 7.09. The van der Waals surface area contributed by atoms with Crippen LogP contribution in [0.25, 0.3) is 0 Å². The maximum Gasteiger partial charge on any atom is 0.0814 e. The molecule has 0 saturated heterocycles. The molecule has 0 aromatic rings. The van der Waals surface area contributed by atoms with E-state index < -0.39 is 0 Å². The summed E-state index contributed by atoms with van der Waals surface area (Å²) in [7, 11) is 4.23. The number of dihydropyridines is 1. The molecule has 110 valence electrons. The molecule has 1 N–H and O–H groups in total. The molecule has 3 atom stereocenters. The van der Waals surface area contributed by atoms with Gasteiger partial charge in [-0.1, -0.05) is 17.7 Å². The standard InChI is InChI=1S/C16H24ClN3/c1-12(5-4-10-20(2)3)19-15-8-9-18-16-11-13(17)6-7-14(15)16/h6-9,11-12,14,16,19H,4-5,10H2,1-3H3. The fourth-order valence-corrected chi connectivity index (χ4v) is 2.81. The lowest BCUT2D eigenvalue weighted by molar-refractivity contribution is 0.378. The molecule has 0 amide bonds. The Morgan fingerprint density at radius 3 is 3.00 bits per heavy atom. The molecule has 1 aliphatic heterocycles. The van der Waals surface area contributed by atoms with Gasteiger partial charge in [0.1, 0.15) is 0 Å². The summed E-state index contributed by atoms with van der Waals surface area (Å²) >= 11 is 6.04. The van der Waals surface area contributed by atoms with Crippen molar-refractivity contribution in [2.45, 2.75) is 31.8 Å². The van der Waals surface area contributed by atoms with Crippen LogP contribution in [0.4, 0.5) is 0 Å². The van der Waals surface area contributed by atoms with Gasteiger partial charge in [0.15, 0.2) is 0 Å². The van der Waals surface area contributed by atoms with Crippen LogP contribution in [0.2, 0.25) is 0 Å². The molecule has 4 heteroatoms. The van der Waals surface area contributed by atoms with E-state index in [1.54, 1.807) is 0 Å². The summed E-state index contributed by atoms with van der Waals surface area (Å²) in [6, 6.07) is 0.622. The zero-order valence-electron chi connectivity index (χ0n) is 12.5. The average molecular weight is 294 g/mol. The molecule has 0 aromatic heterocycles. The van der Waals surface area contributed by atoms with Gasteiger partial charge >= 0.3 is 0 Å². The maximum absolute atomic E-state index is 6.04. The molecule has 0 aromatic carbocycles. The monoisotopic (exact) mass is 293 g/mol. The van der Waals surface area contributed by atoms with Crippen LogP contribution < -0.4 is 5.32 Å². The molecule has 0 spiro atoms. The Bertz CT molecular complexity index is 449. The molecular formula is C16H24ClN3. The van der Waals surface area contributed by atoms with Gasteiger partial charge in [0.25, 0.3) is 0 Å². The Kier molecular flexibility index (Phi) is 5.44. The van der Waals surface area contributed by atoms with Crippen LogP contribution in [0.3, 0.4) is 0 Å². The fourth-order valence-electron chi connectivity index (χ4n) is 2.60. The quantitative estimate of drug-likeness (QED) is 0.815. The van der Waals surface area contributed by atoms with Gasteiger partial charge < -0.3 is 10.2 Å². The molecule has 0 saturated carbocycles. The van der Waals surface area contributed by atoms with Gasteiger partial charge in [-0.2, -0.15) is 0 Å². The predicted molar refractivity (Wildman–Crippen MR) is 87.3 cm³/mol. The van der Waals surface area contributed by atoms with Crippen LogP contribution in [0, 0.1) is 5.92 Å². The Hall–Kier alpha value is -1.06. The van der Waals surface area contributed by atoms with Gasteiger partial charge in [0, 0.05) is 28.9 Å². The van der Waals surface area contributed by atoms with Crippen molar-refractivity contribution in [1.82, 2.24) is 10.2 Å². The number of halogens is 1. The van der Waals surface area contributed by atoms with E-state index in [2.05, 4.69) is 48.4 Å². The molecule has 0 fully saturated rings. The van der Waals surface area contributed by atoms with Crippen LogP contribution in [0.15, 0.2) is 40.0 Å². The van der Waals surface area contributed by atoms with E-state index in [9.17, 15) is 0 Å². The van der Waals surface area contributed by atoms with Crippen molar-refractivity contribution < 1.29 is 0 Å². The molecule has 3 unspecified atom stereocenters. The molecule has 2 rings (SSSR count). The molecule has 1 heterocycles. The number of fused-ring (bicyclic) bond motifs is 1. The number of aliphatic imine (C=N–C) groups is 1. The van der Waals surface area contributed by atoms with Gasteiger partial charge in [-0.3, -0.25) is 4.99 Å². The van der Waals surface area contributed by atoms with Crippen LogP contribution in [0.5, 0.6) is 0 Å². The Morgan fingerprint density at radius 1 is 1.45 bits per heavy atom. The number of rotatable bonds is 6. The lowest BCUT2D eigenvalue weighted by atomic mass is 9.90. The molecule has 3 nitrogen and oxygen atoms in total. The highest BCUT2D eigenvalue weighted by molar-refractivity contribution is 6.31. The molecule has 0 radical (unpaired) electrons. The van der Waals surface area contributed by atoms with Crippen molar-refractivity contribution in [3.63, 3.8) is 0 Å². The maximum atomic E-state index is 6.04. The Morgan fingerprint density at radius 2 is 2.25 bits per heavy atom. The molecule has 0 bridgehead atoms. The third-order valence-electron chi connectivity index (χ3n) is 3.69. The highest BCUT2D eigenvalue weighted by atomic mass is 35.5. The second-order valence-electron chi connectivity index (χ2n) is 5.84. The Labute approximate surface area is 127 Å². The first-order chi connectivity index (χ1) is 9.56. The van der Waals surface area contributed by atoms with Crippen molar-refractivity contribution in [3.8, 4) is 0 Å². The smallest absolute Gasteiger partial charge is 0.0814 e. The fraction of sp³-hybridized carbons (Fsp3) is 0.562. The van der Waals surface area contributed by atoms with Crippen LogP contribution in [-0.4, -0.2) is 43.8 Å². The summed E-state index contributed by atoms with van der Waals surface area (Å²) in [6.07, 6.45) is 12.5. The molecule has 2 aliphatic rings. The second-order valence-corrected chi connectivity index (χ2v) is 6.27. The minimum atomic E-state index is 0.147. The number of nitrogens with one attached hydrogen (secondary N) is 1. The average Bonchev–Trinajstić information content (AvgIpc) is 2.38. The van der Waals surface area contributed by atoms with Gasteiger partial charge in [-0.05, 0) is 58.6 Å². The van der Waals surface area contributed by atoms with Gasteiger partial charge in [-0.15, -0.1) is 0 Å². The first-order valence-electron chi connectivity index (χ1n) is 7.26. The first kappa shape index (κ1) is 15.3. The van der Waals surface area contributed by atoms with E-state index in [1.807, 2.05) is 18.4 Å². The van der Waals surface area contributed by atoms with Gasteiger partial charge in [-0.25, -0.2) is 0 Å². The number of nitrogens with zero attached hydrogens (tertiary/aromatic N) is 2. The summed E-state index contributed by atoms with van der Waals surface area (Å²) in [6.45, 7) is 3.38. The summed E-state index contributed by atoms with van der Waals surface area (Å²) in [4.78, 5) is 6.71. The highest BCUT2D eigenvalue weighted by Crippen LogP contribution is 2.28. The molecular weight excluding hydrogens is 270 g/mol. The van der Waals surface area contributed by atoms with E-state index in [1.165, 1.54) is 18.5 Å². The highest BCUT2D eigenvalue weighted by Gasteiger charge is 2.25. The molecule has 1 aliphatic carbocycles. The summed E-state index contributed by atoms with van der Waals surface area (Å²) in [5.74, 6) is 0.304. The zero-order valence-corrected chi connectivity index (χ0v) is 13.3. The number of allylic oxidation sites excluding steroid dienone is 3. The van der Waals surface area contributed by atoms with E-state index in [0.717, 1.165) is 11.6 Å². The Balaban J connectivity index is 1.88. The normalized spacial score (nSPS) is 26.1. The third kappa shape index (κ3) is 4.22. The minimum absolute atomic E-state index is 0.147. The first-order valence-corrected chi connectivity index (χ1v) is 7.64. The van der Waals surface area contributed by atoms with Crippen LogP contribution in [-0.2, 0) is 0 Å². The van der Waals surface area contributed by atoms with Gasteiger partial charge in [0.2, 0.25) is 0 Å². The number of hydrogen-bond acceptors (Lipinski definition) is 3. The molecule has 20 heavy (non-hydrogen) atoms. The van der Waals surface area contributed by atoms with E-state index in [4.69, 9.17) is 11.6 Å². The summed E-state index contributed by atoms with van der Waals surface area (Å²) in [5, 5.41) is 4.42. The lowest BCUT2D eigenvalue weighted by Gasteiger charge is -2.30. The van der Waals surface area contributed by atoms with Crippen molar-refractivity contribution >= 4 is 17.8 Å². The number of hydrogen-bond donors (Lipinski definition) is 1. The minimum Gasteiger partial charge on any atom is -0.385 e. The van der Waals surface area contributed by atoms with Crippen molar-refractivity contribution in [1.29, 1.82) is 0 Å². The topological polar surface area (TPSA) is 27.6 Å². The third-order valence-corrected chi connectivity index (χ3v) is 3.94. The van der Waals surface area contributed by atoms with Crippen LogP contribution >= 0.6 is 11.6 Å². The van der Waals surface area contributed by atoms with Crippen molar-refractivity contribution in [3.05, 3.63) is 35.0 Å². The predicted octanol–water partition coefficient (Wildman–Crippen LogP) is 2.95. The zero-order chi connectivity index (χ0) is 14.5. The van der Waals surface area contributed by atoms with E-state index >= 15 is 0 Å². The van der Waals surface area contributed by atoms with Gasteiger partial charge in [0.05, 0.1) is 6.04 Å². The summed E-state index contributed by atoms with van der Waals surface area (Å²) in [5.41, 5.74) is 1.25. The summed E-state index contributed by atoms with van der Waals surface area (Å²) < 4.78 is 0. The van der Waals surface area contributed by atoms with E-state index in [0.29, 0.717) is 12.0 Å². The SMILES string of the molecule is CC(CCCN(C)C)NC1=CC=NC2C=C(Cl)C=CC12. The lowest BCUT2D eigenvalue weighted by Crippen LogP contribution is -2.35. The largest absolute Gasteiger partial charge is 0.385 e. The van der Waals surface area contributed by atoms with Crippen molar-refractivity contribution in [2.75, 3.05) is 20.6 Å². The van der Waals surface area contributed by atoms with Crippen molar-refractivity contribution in [2.24, 2.45) is 10.9 Å².